The molecular formula is C11H11BrN2O2. The first-order chi connectivity index (χ1) is 7.66. The zero-order valence-corrected chi connectivity index (χ0v) is 10.1. The average molecular weight is 283 g/mol. The summed E-state index contributed by atoms with van der Waals surface area (Å²) in [5, 5.41) is 8.56. The van der Waals surface area contributed by atoms with E-state index in [0.29, 0.717) is 12.8 Å². The zero-order valence-electron chi connectivity index (χ0n) is 8.56. The third-order valence-electron chi connectivity index (χ3n) is 2.36. The first-order valence-corrected chi connectivity index (χ1v) is 5.79. The molecule has 84 valence electrons. The van der Waals surface area contributed by atoms with E-state index in [2.05, 4.69) is 20.9 Å². The minimum absolute atomic E-state index is 0.183. The molecule has 5 heteroatoms. The van der Waals surface area contributed by atoms with Crippen molar-refractivity contribution in [2.24, 2.45) is 0 Å². The first kappa shape index (κ1) is 11.1. The lowest BCUT2D eigenvalue weighted by atomic mass is 10.2. The van der Waals surface area contributed by atoms with Gasteiger partial charge in [0, 0.05) is 23.5 Å². The molecule has 2 aromatic heterocycles. The van der Waals surface area contributed by atoms with Gasteiger partial charge in [-0.05, 0) is 34.5 Å². The smallest absolute Gasteiger partial charge is 0.303 e. The zero-order chi connectivity index (χ0) is 11.5. The lowest BCUT2D eigenvalue weighted by Gasteiger charge is -2.00. The third kappa shape index (κ3) is 2.41. The number of hydrogen-bond acceptors (Lipinski definition) is 2. The second-order valence-electron chi connectivity index (χ2n) is 3.56. The van der Waals surface area contributed by atoms with Crippen molar-refractivity contribution < 1.29 is 9.90 Å². The van der Waals surface area contributed by atoms with Crippen LogP contribution in [0.4, 0.5) is 0 Å². The Bertz CT molecular complexity index is 522. The van der Waals surface area contributed by atoms with E-state index >= 15 is 0 Å². The molecule has 4 nitrogen and oxygen atoms in total. The van der Waals surface area contributed by atoms with E-state index in [4.69, 9.17) is 5.11 Å². The minimum atomic E-state index is -0.762. The number of fused-ring (bicyclic) bond motifs is 1. The predicted octanol–water partition coefficient (Wildman–Crippen LogP) is 2.50. The summed E-state index contributed by atoms with van der Waals surface area (Å²) in [6.45, 7) is 0. The van der Waals surface area contributed by atoms with Gasteiger partial charge in [0.05, 0.1) is 11.7 Å². The largest absolute Gasteiger partial charge is 0.481 e. The van der Waals surface area contributed by atoms with Gasteiger partial charge in [-0.3, -0.25) is 4.79 Å². The number of nitrogens with zero attached hydrogens (tertiary/aromatic N) is 2. The first-order valence-electron chi connectivity index (χ1n) is 5.00. The van der Waals surface area contributed by atoms with Crippen LogP contribution in [0.15, 0.2) is 29.0 Å². The standard InChI is InChI=1S/C11H11BrN2O2/c12-8-4-5-9-6-13-10(14(9)7-8)2-1-3-11(15)16/h4-7H,1-3H2,(H,15,16). The molecule has 0 saturated carbocycles. The normalized spacial score (nSPS) is 10.8. The fourth-order valence-electron chi connectivity index (χ4n) is 1.60. The highest BCUT2D eigenvalue weighted by Gasteiger charge is 2.05. The molecular weight excluding hydrogens is 272 g/mol. The van der Waals surface area contributed by atoms with Crippen molar-refractivity contribution in [2.75, 3.05) is 0 Å². The summed E-state index contributed by atoms with van der Waals surface area (Å²) >= 11 is 3.40. The molecule has 0 saturated heterocycles. The van der Waals surface area contributed by atoms with Crippen molar-refractivity contribution in [3.8, 4) is 0 Å². The number of carboxylic acid groups (broad SMARTS) is 1. The molecule has 0 aliphatic rings. The van der Waals surface area contributed by atoms with Crippen LogP contribution in [0.5, 0.6) is 0 Å². The molecule has 0 bridgehead atoms. The molecule has 0 radical (unpaired) electrons. The molecule has 0 fully saturated rings. The van der Waals surface area contributed by atoms with Gasteiger partial charge in [-0.15, -0.1) is 0 Å². The Morgan fingerprint density at radius 1 is 1.50 bits per heavy atom. The maximum Gasteiger partial charge on any atom is 0.303 e. The number of aryl methyl sites for hydroxylation is 1. The fraction of sp³-hybridized carbons (Fsp3) is 0.273. The number of hydrogen-bond donors (Lipinski definition) is 1. The fourth-order valence-corrected chi connectivity index (χ4v) is 1.94. The van der Waals surface area contributed by atoms with Crippen LogP contribution in [-0.2, 0) is 11.2 Å². The summed E-state index contributed by atoms with van der Waals surface area (Å²) in [7, 11) is 0. The van der Waals surface area contributed by atoms with Crippen LogP contribution in [0.25, 0.3) is 5.52 Å². The van der Waals surface area contributed by atoms with Crippen LogP contribution in [0.3, 0.4) is 0 Å². The molecule has 0 spiro atoms. The van der Waals surface area contributed by atoms with Gasteiger partial charge in [-0.25, -0.2) is 4.98 Å². The van der Waals surface area contributed by atoms with Crippen LogP contribution in [0.1, 0.15) is 18.7 Å². The number of imidazole rings is 1. The van der Waals surface area contributed by atoms with Gasteiger partial charge in [-0.2, -0.15) is 0 Å². The van der Waals surface area contributed by atoms with E-state index in [-0.39, 0.29) is 6.42 Å². The summed E-state index contributed by atoms with van der Waals surface area (Å²) < 4.78 is 2.96. The monoisotopic (exact) mass is 282 g/mol. The summed E-state index contributed by atoms with van der Waals surface area (Å²) in [4.78, 5) is 14.7. The minimum Gasteiger partial charge on any atom is -0.481 e. The summed E-state index contributed by atoms with van der Waals surface area (Å²) in [6.07, 6.45) is 5.21. The van der Waals surface area contributed by atoms with Gasteiger partial charge in [-0.1, -0.05) is 0 Å². The van der Waals surface area contributed by atoms with E-state index in [1.807, 2.05) is 22.7 Å². The van der Waals surface area contributed by atoms with Crippen molar-refractivity contribution in [3.63, 3.8) is 0 Å². The summed E-state index contributed by atoms with van der Waals surface area (Å²) in [5.41, 5.74) is 1.02. The Labute approximate surface area is 101 Å². The number of aromatic nitrogens is 2. The Morgan fingerprint density at radius 2 is 2.31 bits per heavy atom. The van der Waals surface area contributed by atoms with Gasteiger partial charge in [0.1, 0.15) is 5.82 Å². The Hall–Kier alpha value is -1.36. The van der Waals surface area contributed by atoms with Crippen molar-refractivity contribution in [1.29, 1.82) is 0 Å². The molecule has 0 aliphatic carbocycles. The van der Waals surface area contributed by atoms with Crippen LogP contribution < -0.4 is 0 Å². The maximum atomic E-state index is 10.4. The van der Waals surface area contributed by atoms with Gasteiger partial charge in [0.2, 0.25) is 0 Å². The highest BCUT2D eigenvalue weighted by molar-refractivity contribution is 9.10. The summed E-state index contributed by atoms with van der Waals surface area (Å²) in [5.74, 6) is 0.139. The van der Waals surface area contributed by atoms with Gasteiger partial charge < -0.3 is 9.51 Å². The Kier molecular flexibility index (Phi) is 3.24. The third-order valence-corrected chi connectivity index (χ3v) is 2.83. The average Bonchev–Trinajstić information content (AvgIpc) is 2.60. The number of rotatable bonds is 4. The molecule has 0 aliphatic heterocycles. The van der Waals surface area contributed by atoms with Crippen LogP contribution in [-0.4, -0.2) is 20.5 Å². The lowest BCUT2D eigenvalue weighted by molar-refractivity contribution is -0.137. The van der Waals surface area contributed by atoms with Crippen molar-refractivity contribution in [3.05, 3.63) is 34.8 Å². The van der Waals surface area contributed by atoms with Crippen molar-refractivity contribution >= 4 is 27.4 Å². The topological polar surface area (TPSA) is 54.6 Å². The second-order valence-corrected chi connectivity index (χ2v) is 4.48. The van der Waals surface area contributed by atoms with E-state index in [0.717, 1.165) is 15.8 Å². The van der Waals surface area contributed by atoms with Gasteiger partial charge >= 0.3 is 5.97 Å². The molecule has 0 amide bonds. The van der Waals surface area contributed by atoms with E-state index in [9.17, 15) is 4.79 Å². The number of carboxylic acids is 1. The predicted molar refractivity (Wildman–Crippen MR) is 63.5 cm³/mol. The Balaban J connectivity index is 2.17. The van der Waals surface area contributed by atoms with Crippen LogP contribution in [0, 0.1) is 0 Å². The SMILES string of the molecule is O=C(O)CCCc1ncc2ccc(Br)cn12. The number of pyridine rings is 1. The van der Waals surface area contributed by atoms with Crippen molar-refractivity contribution in [1.82, 2.24) is 9.38 Å². The molecule has 16 heavy (non-hydrogen) atoms. The van der Waals surface area contributed by atoms with Gasteiger partial charge in [0.25, 0.3) is 0 Å². The lowest BCUT2D eigenvalue weighted by Crippen LogP contribution is -1.99. The molecule has 0 unspecified atom stereocenters. The molecule has 2 heterocycles. The Morgan fingerprint density at radius 3 is 3.06 bits per heavy atom. The molecule has 2 aromatic rings. The molecule has 0 aromatic carbocycles. The van der Waals surface area contributed by atoms with Crippen LogP contribution in [0.2, 0.25) is 0 Å². The molecule has 0 atom stereocenters. The van der Waals surface area contributed by atoms with Crippen molar-refractivity contribution in [2.45, 2.75) is 19.3 Å². The highest BCUT2D eigenvalue weighted by Crippen LogP contribution is 2.15. The molecule has 1 N–H and O–H groups in total. The number of aliphatic carboxylic acids is 1. The number of halogens is 1. The van der Waals surface area contributed by atoms with Crippen LogP contribution >= 0.6 is 15.9 Å². The van der Waals surface area contributed by atoms with E-state index in [1.165, 1.54) is 0 Å². The second kappa shape index (κ2) is 4.65. The maximum absolute atomic E-state index is 10.4. The molecule has 2 rings (SSSR count). The quantitative estimate of drug-likeness (QED) is 0.938. The van der Waals surface area contributed by atoms with E-state index in [1.54, 1.807) is 6.20 Å². The summed E-state index contributed by atoms with van der Waals surface area (Å²) in [6, 6.07) is 3.93. The van der Waals surface area contributed by atoms with Gasteiger partial charge in [0.15, 0.2) is 0 Å². The number of carbonyl (C=O) groups is 1. The van der Waals surface area contributed by atoms with E-state index < -0.39 is 5.97 Å². The highest BCUT2D eigenvalue weighted by atomic mass is 79.9.